The Bertz CT molecular complexity index is 434. The van der Waals surface area contributed by atoms with Crippen LogP contribution in [0.25, 0.3) is 0 Å². The molecule has 0 aromatic heterocycles. The van der Waals surface area contributed by atoms with Crippen molar-refractivity contribution >= 4 is 11.6 Å². The minimum Gasteiger partial charge on any atom is -0.311 e. The Labute approximate surface area is 106 Å². The molecule has 2 unspecified atom stereocenters. The van der Waals surface area contributed by atoms with Gasteiger partial charge in [-0.3, -0.25) is 0 Å². The van der Waals surface area contributed by atoms with Gasteiger partial charge in [-0.1, -0.05) is 23.7 Å². The second kappa shape index (κ2) is 3.96. The number of nitrogens with one attached hydrogen (secondary N) is 1. The summed E-state index contributed by atoms with van der Waals surface area (Å²) < 4.78 is 15.1. The van der Waals surface area contributed by atoms with Crippen LogP contribution in [0.15, 0.2) is 18.2 Å². The van der Waals surface area contributed by atoms with Crippen molar-refractivity contribution in [3.63, 3.8) is 0 Å². The van der Waals surface area contributed by atoms with Crippen LogP contribution in [0.4, 0.5) is 4.39 Å². The number of hydrogen-bond donors (Lipinski definition) is 1. The maximum Gasteiger partial charge on any atom is 0.139 e. The Balaban J connectivity index is 1.94. The average Bonchev–Trinajstić information content (AvgIpc) is 2.62. The first-order chi connectivity index (χ1) is 8.07. The zero-order valence-electron chi connectivity index (χ0n) is 9.97. The van der Waals surface area contributed by atoms with E-state index in [1.807, 2.05) is 25.1 Å². The molecule has 2 heterocycles. The molecule has 2 fully saturated rings. The molecule has 0 saturated carbocycles. The third kappa shape index (κ3) is 1.98. The van der Waals surface area contributed by atoms with Crippen LogP contribution in [0.3, 0.4) is 0 Å². The summed E-state index contributed by atoms with van der Waals surface area (Å²) in [7, 11) is 0. The third-order valence-corrected chi connectivity index (χ3v) is 4.57. The van der Waals surface area contributed by atoms with E-state index in [9.17, 15) is 0 Å². The summed E-state index contributed by atoms with van der Waals surface area (Å²) in [6.07, 6.45) is 3.39. The summed E-state index contributed by atoms with van der Waals surface area (Å²) in [6, 6.07) is 6.31. The quantitative estimate of drug-likeness (QED) is 0.804. The van der Waals surface area contributed by atoms with Gasteiger partial charge in [-0.05, 0) is 37.0 Å². The molecule has 0 amide bonds. The number of benzene rings is 1. The molecule has 0 spiro atoms. The fourth-order valence-electron chi connectivity index (χ4n) is 3.20. The van der Waals surface area contributed by atoms with Crippen molar-refractivity contribution < 1.29 is 4.39 Å². The van der Waals surface area contributed by atoms with E-state index in [2.05, 4.69) is 5.32 Å². The summed E-state index contributed by atoms with van der Waals surface area (Å²) in [5.41, 5.74) is 0.580. The summed E-state index contributed by atoms with van der Waals surface area (Å²) in [6.45, 7) is 1.95. The molecule has 3 rings (SSSR count). The molecule has 0 aliphatic carbocycles. The first-order valence-electron chi connectivity index (χ1n) is 6.28. The summed E-state index contributed by atoms with van der Waals surface area (Å²) in [5.74, 6) is 0. The van der Waals surface area contributed by atoms with Gasteiger partial charge in [0.15, 0.2) is 0 Å². The van der Waals surface area contributed by atoms with Crippen molar-refractivity contribution in [1.82, 2.24) is 5.32 Å². The zero-order chi connectivity index (χ0) is 12.0. The molecule has 0 radical (unpaired) electrons. The van der Waals surface area contributed by atoms with Gasteiger partial charge in [0, 0.05) is 29.9 Å². The fourth-order valence-corrected chi connectivity index (χ4v) is 3.38. The van der Waals surface area contributed by atoms with Crippen LogP contribution < -0.4 is 5.32 Å². The van der Waals surface area contributed by atoms with Gasteiger partial charge >= 0.3 is 0 Å². The Hall–Kier alpha value is -0.600. The molecular formula is C14H17ClFN. The van der Waals surface area contributed by atoms with Gasteiger partial charge in [-0.2, -0.15) is 0 Å². The minimum absolute atomic E-state index is 0.346. The molecule has 92 valence electrons. The van der Waals surface area contributed by atoms with Crippen molar-refractivity contribution in [3.05, 3.63) is 34.3 Å². The lowest BCUT2D eigenvalue weighted by atomic mass is 9.83. The maximum absolute atomic E-state index is 15.1. The number of rotatable bonds is 1. The number of aryl methyl sites for hydroxylation is 1. The number of fused-ring (bicyclic) bond motifs is 2. The smallest absolute Gasteiger partial charge is 0.139 e. The van der Waals surface area contributed by atoms with E-state index in [1.165, 1.54) is 0 Å². The van der Waals surface area contributed by atoms with Crippen LogP contribution in [0.5, 0.6) is 0 Å². The SMILES string of the molecule is Cc1ccc(C2(F)CC3CCC(C2)N3)cc1Cl. The maximum atomic E-state index is 15.1. The topological polar surface area (TPSA) is 12.0 Å². The van der Waals surface area contributed by atoms with Gasteiger partial charge in [-0.25, -0.2) is 4.39 Å². The molecule has 17 heavy (non-hydrogen) atoms. The average molecular weight is 254 g/mol. The van der Waals surface area contributed by atoms with Crippen molar-refractivity contribution in [3.8, 4) is 0 Å². The largest absolute Gasteiger partial charge is 0.311 e. The minimum atomic E-state index is -1.19. The van der Waals surface area contributed by atoms with Crippen molar-refractivity contribution in [2.75, 3.05) is 0 Å². The third-order valence-electron chi connectivity index (χ3n) is 4.16. The Morgan fingerprint density at radius 3 is 2.53 bits per heavy atom. The molecule has 2 saturated heterocycles. The first-order valence-corrected chi connectivity index (χ1v) is 6.66. The predicted molar refractivity (Wildman–Crippen MR) is 68.2 cm³/mol. The number of hydrogen-bond acceptors (Lipinski definition) is 1. The molecule has 1 nitrogen and oxygen atoms in total. The van der Waals surface area contributed by atoms with Crippen LogP contribution in [0.1, 0.15) is 36.8 Å². The van der Waals surface area contributed by atoms with Gasteiger partial charge in [0.05, 0.1) is 0 Å². The Morgan fingerprint density at radius 2 is 1.94 bits per heavy atom. The van der Waals surface area contributed by atoms with Crippen LogP contribution in [0, 0.1) is 6.92 Å². The summed E-state index contributed by atoms with van der Waals surface area (Å²) in [4.78, 5) is 0. The molecular weight excluding hydrogens is 237 g/mol. The zero-order valence-corrected chi connectivity index (χ0v) is 10.7. The highest BCUT2D eigenvalue weighted by Gasteiger charge is 2.45. The number of piperidine rings is 1. The monoisotopic (exact) mass is 253 g/mol. The van der Waals surface area contributed by atoms with E-state index >= 15 is 4.39 Å². The molecule has 2 aliphatic heterocycles. The van der Waals surface area contributed by atoms with E-state index in [0.29, 0.717) is 29.9 Å². The Morgan fingerprint density at radius 1 is 1.29 bits per heavy atom. The normalized spacial score (nSPS) is 36.2. The molecule has 1 N–H and O–H groups in total. The second-order valence-corrected chi connectivity index (χ2v) is 5.88. The highest BCUT2D eigenvalue weighted by Crippen LogP contribution is 2.44. The van der Waals surface area contributed by atoms with Gasteiger partial charge in [0.2, 0.25) is 0 Å². The van der Waals surface area contributed by atoms with Gasteiger partial charge < -0.3 is 5.32 Å². The number of alkyl halides is 1. The fraction of sp³-hybridized carbons (Fsp3) is 0.571. The predicted octanol–water partition coefficient (Wildman–Crippen LogP) is 3.73. The molecule has 3 heteroatoms. The van der Waals surface area contributed by atoms with Gasteiger partial charge in [0.1, 0.15) is 5.67 Å². The van der Waals surface area contributed by atoms with Crippen LogP contribution in [-0.4, -0.2) is 12.1 Å². The molecule has 2 atom stereocenters. The molecule has 2 aliphatic rings. The lowest BCUT2D eigenvalue weighted by Crippen LogP contribution is -2.44. The van der Waals surface area contributed by atoms with Crippen molar-refractivity contribution in [2.45, 2.75) is 50.4 Å². The van der Waals surface area contributed by atoms with E-state index in [4.69, 9.17) is 11.6 Å². The number of halogens is 2. The standard InChI is InChI=1S/C14H17ClFN/c1-9-2-3-10(6-13(9)15)14(16)7-11-4-5-12(8-14)17-11/h2-3,6,11-12,17H,4-5,7-8H2,1H3. The summed E-state index contributed by atoms with van der Waals surface area (Å²) >= 11 is 6.10. The van der Waals surface area contributed by atoms with E-state index in [0.717, 1.165) is 24.0 Å². The highest BCUT2D eigenvalue weighted by atomic mass is 35.5. The van der Waals surface area contributed by atoms with E-state index in [-0.39, 0.29) is 0 Å². The Kier molecular flexibility index (Phi) is 2.68. The summed E-state index contributed by atoms with van der Waals surface area (Å²) in [5, 5.41) is 4.14. The lowest BCUT2D eigenvalue weighted by Gasteiger charge is -2.35. The van der Waals surface area contributed by atoms with Crippen molar-refractivity contribution in [2.24, 2.45) is 0 Å². The second-order valence-electron chi connectivity index (χ2n) is 5.48. The van der Waals surface area contributed by atoms with E-state index < -0.39 is 5.67 Å². The van der Waals surface area contributed by atoms with Crippen molar-refractivity contribution in [1.29, 1.82) is 0 Å². The van der Waals surface area contributed by atoms with E-state index in [1.54, 1.807) is 0 Å². The molecule has 1 aromatic carbocycles. The van der Waals surface area contributed by atoms with Crippen LogP contribution in [-0.2, 0) is 5.67 Å². The first kappa shape index (κ1) is 11.5. The molecule has 1 aromatic rings. The lowest BCUT2D eigenvalue weighted by molar-refractivity contribution is 0.0874. The van der Waals surface area contributed by atoms with Gasteiger partial charge in [0.25, 0.3) is 0 Å². The molecule has 2 bridgehead atoms. The van der Waals surface area contributed by atoms with Crippen LogP contribution >= 0.6 is 11.6 Å². The van der Waals surface area contributed by atoms with Crippen LogP contribution in [0.2, 0.25) is 5.02 Å². The van der Waals surface area contributed by atoms with Gasteiger partial charge in [-0.15, -0.1) is 0 Å². The highest BCUT2D eigenvalue weighted by molar-refractivity contribution is 6.31.